The molecule has 1 aliphatic carbocycles. The predicted octanol–water partition coefficient (Wildman–Crippen LogP) is 4.85. The lowest BCUT2D eigenvalue weighted by molar-refractivity contribution is 0.0655. The van der Waals surface area contributed by atoms with Crippen molar-refractivity contribution < 1.29 is 4.79 Å². The molecule has 1 heterocycles. The minimum atomic E-state index is -0.176. The molecule has 5 nitrogen and oxygen atoms in total. The Morgan fingerprint density at radius 1 is 0.941 bits per heavy atom. The Labute approximate surface area is 199 Å². The first-order chi connectivity index (χ1) is 16.7. The van der Waals surface area contributed by atoms with Crippen LogP contribution in [0.5, 0.6) is 0 Å². The molecule has 0 radical (unpaired) electrons. The van der Waals surface area contributed by atoms with Gasteiger partial charge in [0.2, 0.25) is 0 Å². The fraction of sp³-hybridized carbons (Fsp3) is 0.276. The van der Waals surface area contributed by atoms with Crippen LogP contribution in [0.4, 0.5) is 0 Å². The van der Waals surface area contributed by atoms with Crippen molar-refractivity contribution >= 4 is 16.7 Å². The van der Waals surface area contributed by atoms with E-state index in [1.165, 1.54) is 15.8 Å². The highest BCUT2D eigenvalue weighted by atomic mass is 16.2. The minimum Gasteiger partial charge on any atom is -0.334 e. The normalized spacial score (nSPS) is 15.1. The Bertz CT molecular complexity index is 1380. The first kappa shape index (κ1) is 22.1. The van der Waals surface area contributed by atoms with E-state index in [0.717, 1.165) is 31.2 Å². The Kier molecular flexibility index (Phi) is 6.26. The van der Waals surface area contributed by atoms with Gasteiger partial charge in [0.15, 0.2) is 5.69 Å². The van der Waals surface area contributed by atoms with Crippen LogP contribution in [0.1, 0.15) is 46.9 Å². The van der Waals surface area contributed by atoms with Gasteiger partial charge < -0.3 is 4.90 Å². The summed E-state index contributed by atoms with van der Waals surface area (Å²) in [6, 6.07) is 25.7. The van der Waals surface area contributed by atoms with Gasteiger partial charge in [-0.2, -0.15) is 5.10 Å². The molecule has 5 rings (SSSR count). The number of rotatable bonds is 6. The van der Waals surface area contributed by atoms with Gasteiger partial charge in [-0.3, -0.25) is 9.59 Å². The van der Waals surface area contributed by atoms with Crippen molar-refractivity contribution in [1.82, 2.24) is 14.7 Å². The van der Waals surface area contributed by atoms with Crippen molar-refractivity contribution in [2.45, 2.75) is 45.2 Å². The van der Waals surface area contributed by atoms with Crippen LogP contribution in [0.15, 0.2) is 83.7 Å². The first-order valence-corrected chi connectivity index (χ1v) is 12.1. The number of amides is 1. The molecule has 1 aromatic heterocycles. The summed E-state index contributed by atoms with van der Waals surface area (Å²) in [4.78, 5) is 29.2. The van der Waals surface area contributed by atoms with Gasteiger partial charge in [-0.05, 0) is 48.4 Å². The molecule has 0 unspecified atom stereocenters. The topological polar surface area (TPSA) is 55.2 Å². The van der Waals surface area contributed by atoms with Crippen LogP contribution in [0.3, 0.4) is 0 Å². The lowest BCUT2D eigenvalue weighted by Gasteiger charge is -2.35. The van der Waals surface area contributed by atoms with E-state index in [2.05, 4.69) is 36.3 Å². The number of hydrogen-bond donors (Lipinski definition) is 0. The summed E-state index contributed by atoms with van der Waals surface area (Å²) in [5.74, 6) is -0.0933. The summed E-state index contributed by atoms with van der Waals surface area (Å²) in [6.07, 6.45) is 3.62. The number of benzene rings is 3. The molecule has 3 aromatic carbocycles. The average molecular weight is 452 g/mol. The highest BCUT2D eigenvalue weighted by molar-refractivity contribution is 6.04. The summed E-state index contributed by atoms with van der Waals surface area (Å²) >= 11 is 0. The predicted molar refractivity (Wildman–Crippen MR) is 135 cm³/mol. The second-order valence-electron chi connectivity index (χ2n) is 9.01. The summed E-state index contributed by atoms with van der Waals surface area (Å²) in [7, 11) is 0. The zero-order valence-electron chi connectivity index (χ0n) is 19.5. The number of nitrogens with zero attached hydrogens (tertiary/aromatic N) is 3. The Balaban J connectivity index is 1.55. The third-order valence-corrected chi connectivity index (χ3v) is 6.73. The molecular formula is C29H29N3O2. The molecule has 0 N–H and O–H groups in total. The molecule has 0 spiro atoms. The van der Waals surface area contributed by atoms with E-state index in [9.17, 15) is 9.59 Å². The summed E-state index contributed by atoms with van der Waals surface area (Å²) < 4.78 is 1.44. The zero-order chi connectivity index (χ0) is 23.5. The fourth-order valence-electron chi connectivity index (χ4n) is 5.03. The number of carbonyl (C=O) groups excluding carboxylic acids is 1. The minimum absolute atomic E-state index is 0.0933. The molecule has 1 amide bonds. The van der Waals surface area contributed by atoms with Gasteiger partial charge in [0.05, 0.1) is 11.9 Å². The first-order valence-electron chi connectivity index (χ1n) is 12.1. The maximum atomic E-state index is 14.0. The number of fused-ring (bicyclic) bond motifs is 2. The molecule has 1 atom stereocenters. The van der Waals surface area contributed by atoms with Crippen molar-refractivity contribution in [3.63, 3.8) is 0 Å². The lowest BCUT2D eigenvalue weighted by Crippen LogP contribution is -2.45. The molecule has 34 heavy (non-hydrogen) atoms. The Morgan fingerprint density at radius 2 is 1.62 bits per heavy atom. The van der Waals surface area contributed by atoms with Crippen molar-refractivity contribution in [1.29, 1.82) is 0 Å². The van der Waals surface area contributed by atoms with Gasteiger partial charge >= 0.3 is 0 Å². The van der Waals surface area contributed by atoms with Crippen molar-refractivity contribution in [2.75, 3.05) is 6.54 Å². The van der Waals surface area contributed by atoms with Crippen molar-refractivity contribution in [3.8, 4) is 0 Å². The Morgan fingerprint density at radius 3 is 2.38 bits per heavy atom. The second kappa shape index (κ2) is 9.64. The molecular weight excluding hydrogens is 422 g/mol. The van der Waals surface area contributed by atoms with E-state index in [-0.39, 0.29) is 17.5 Å². The van der Waals surface area contributed by atoms with Crippen molar-refractivity contribution in [2.24, 2.45) is 0 Å². The molecule has 5 heteroatoms. The van der Waals surface area contributed by atoms with Crippen molar-refractivity contribution in [3.05, 3.63) is 112 Å². The van der Waals surface area contributed by atoms with Crippen LogP contribution in [0.2, 0.25) is 0 Å². The van der Waals surface area contributed by atoms with E-state index in [1.807, 2.05) is 53.4 Å². The van der Waals surface area contributed by atoms with Gasteiger partial charge in [-0.1, -0.05) is 79.7 Å². The standard InChI is InChI=1S/C29H29N3O2/c1-2-18-31(24-17-16-22-12-6-7-13-23(22)19-24)29(34)27-25-14-8-9-15-26(25)28(33)32(30-27)20-21-10-4-3-5-11-21/h3-15,24H,2,16-20H2,1H3/t24-/m1/s1. The molecule has 0 bridgehead atoms. The van der Waals surface area contributed by atoms with E-state index >= 15 is 0 Å². The Hall–Kier alpha value is -3.73. The average Bonchev–Trinajstić information content (AvgIpc) is 2.89. The van der Waals surface area contributed by atoms with Gasteiger partial charge in [0, 0.05) is 18.0 Å². The molecule has 4 aromatic rings. The number of hydrogen-bond acceptors (Lipinski definition) is 3. The number of carbonyl (C=O) groups is 1. The number of aryl methyl sites for hydroxylation is 1. The lowest BCUT2D eigenvalue weighted by atomic mass is 9.87. The van der Waals surface area contributed by atoms with E-state index < -0.39 is 0 Å². The van der Waals surface area contributed by atoms with E-state index in [4.69, 9.17) is 0 Å². The van der Waals surface area contributed by atoms with Gasteiger partial charge in [0.1, 0.15) is 0 Å². The monoisotopic (exact) mass is 451 g/mol. The van der Waals surface area contributed by atoms with Crippen LogP contribution in [-0.4, -0.2) is 33.2 Å². The summed E-state index contributed by atoms with van der Waals surface area (Å²) in [6.45, 7) is 3.09. The molecule has 0 saturated heterocycles. The van der Waals surface area contributed by atoms with Gasteiger partial charge in [0.25, 0.3) is 11.5 Å². The maximum absolute atomic E-state index is 14.0. The van der Waals surface area contributed by atoms with E-state index in [1.54, 1.807) is 6.07 Å². The quantitative estimate of drug-likeness (QED) is 0.421. The molecule has 0 saturated carbocycles. The second-order valence-corrected chi connectivity index (χ2v) is 9.01. The SMILES string of the molecule is CCCN(C(=O)c1nn(Cc2ccccc2)c(=O)c2ccccc12)[C@@H]1CCc2ccccc2C1. The third-order valence-electron chi connectivity index (χ3n) is 6.73. The smallest absolute Gasteiger partial charge is 0.275 e. The highest BCUT2D eigenvalue weighted by Crippen LogP contribution is 2.26. The maximum Gasteiger partial charge on any atom is 0.275 e. The number of aromatic nitrogens is 2. The van der Waals surface area contributed by atoms with Crippen LogP contribution in [0, 0.1) is 0 Å². The molecule has 0 fully saturated rings. The molecule has 172 valence electrons. The molecule has 0 aliphatic heterocycles. The summed E-state index contributed by atoms with van der Waals surface area (Å²) in [5.41, 5.74) is 3.85. The van der Waals surface area contributed by atoms with Crippen LogP contribution in [0.25, 0.3) is 10.8 Å². The molecule has 1 aliphatic rings. The summed E-state index contributed by atoms with van der Waals surface area (Å²) in [5, 5.41) is 5.80. The fourth-order valence-corrected chi connectivity index (χ4v) is 5.03. The van der Waals surface area contributed by atoms with E-state index in [0.29, 0.717) is 29.6 Å². The highest BCUT2D eigenvalue weighted by Gasteiger charge is 2.30. The van der Waals surface area contributed by atoms with Crippen LogP contribution in [-0.2, 0) is 19.4 Å². The third kappa shape index (κ3) is 4.26. The van der Waals surface area contributed by atoms with Crippen LogP contribution >= 0.6 is 0 Å². The zero-order valence-corrected chi connectivity index (χ0v) is 19.5. The van der Waals surface area contributed by atoms with Crippen LogP contribution < -0.4 is 5.56 Å². The largest absolute Gasteiger partial charge is 0.334 e. The van der Waals surface area contributed by atoms with Gasteiger partial charge in [-0.15, -0.1) is 0 Å². The van der Waals surface area contributed by atoms with Gasteiger partial charge in [-0.25, -0.2) is 4.68 Å².